The minimum Gasteiger partial charge on any atom is -0.497 e. The first-order valence-electron chi connectivity index (χ1n) is 4.88. The molecule has 0 bridgehead atoms. The highest BCUT2D eigenvalue weighted by Gasteiger charge is 2.06. The topological polar surface area (TPSA) is 48.1 Å². The van der Waals surface area contributed by atoms with Crippen molar-refractivity contribution in [2.75, 3.05) is 7.11 Å². The van der Waals surface area contributed by atoms with Gasteiger partial charge in [-0.3, -0.25) is 0 Å². The predicted molar refractivity (Wildman–Crippen MR) is 63.5 cm³/mol. The quantitative estimate of drug-likeness (QED) is 0.866. The summed E-state index contributed by atoms with van der Waals surface area (Å²) in [6.45, 7) is 1.99. The summed E-state index contributed by atoms with van der Waals surface area (Å²) < 4.78 is 6.32. The Kier molecular flexibility index (Phi) is 2.88. The SMILES string of the molecule is COc1ccc2nc(CC(C)N)sc2c1. The van der Waals surface area contributed by atoms with Crippen LogP contribution in [-0.4, -0.2) is 18.1 Å². The molecule has 2 aromatic rings. The summed E-state index contributed by atoms with van der Waals surface area (Å²) in [7, 11) is 1.67. The van der Waals surface area contributed by atoms with Crippen LogP contribution in [0.1, 0.15) is 11.9 Å². The van der Waals surface area contributed by atoms with Gasteiger partial charge in [-0.2, -0.15) is 0 Å². The summed E-state index contributed by atoms with van der Waals surface area (Å²) in [5.41, 5.74) is 6.77. The summed E-state index contributed by atoms with van der Waals surface area (Å²) in [5, 5.41) is 1.09. The lowest BCUT2D eigenvalue weighted by Gasteiger charge is -1.98. The molecule has 0 spiro atoms. The number of thiazole rings is 1. The van der Waals surface area contributed by atoms with Gasteiger partial charge in [0.1, 0.15) is 5.75 Å². The third-order valence-corrected chi connectivity index (χ3v) is 3.18. The van der Waals surface area contributed by atoms with Crippen molar-refractivity contribution in [2.24, 2.45) is 5.73 Å². The zero-order valence-corrected chi connectivity index (χ0v) is 9.67. The molecule has 1 aromatic carbocycles. The Morgan fingerprint density at radius 1 is 1.53 bits per heavy atom. The maximum absolute atomic E-state index is 5.74. The van der Waals surface area contributed by atoms with Crippen LogP contribution in [0, 0.1) is 0 Å². The number of aromatic nitrogens is 1. The molecule has 2 rings (SSSR count). The highest BCUT2D eigenvalue weighted by molar-refractivity contribution is 7.18. The number of nitrogens with two attached hydrogens (primary N) is 1. The molecule has 0 saturated heterocycles. The molecule has 1 heterocycles. The Bertz CT molecular complexity index is 465. The van der Waals surface area contributed by atoms with E-state index in [1.807, 2.05) is 25.1 Å². The summed E-state index contributed by atoms with van der Waals surface area (Å²) >= 11 is 1.68. The highest BCUT2D eigenvalue weighted by Crippen LogP contribution is 2.26. The van der Waals surface area contributed by atoms with Gasteiger partial charge in [-0.15, -0.1) is 11.3 Å². The monoisotopic (exact) mass is 222 g/mol. The van der Waals surface area contributed by atoms with E-state index in [4.69, 9.17) is 10.5 Å². The number of methoxy groups -OCH3 is 1. The molecule has 1 atom stereocenters. The lowest BCUT2D eigenvalue weighted by Crippen LogP contribution is -2.17. The fourth-order valence-electron chi connectivity index (χ4n) is 1.44. The molecule has 0 aliphatic rings. The van der Waals surface area contributed by atoms with Crippen LogP contribution in [0.15, 0.2) is 18.2 Å². The van der Waals surface area contributed by atoms with Crippen LogP contribution < -0.4 is 10.5 Å². The van der Waals surface area contributed by atoms with Gasteiger partial charge in [0.05, 0.1) is 22.3 Å². The summed E-state index contributed by atoms with van der Waals surface area (Å²) in [6, 6.07) is 6.08. The molecule has 1 aromatic heterocycles. The van der Waals surface area contributed by atoms with Crippen LogP contribution in [0.5, 0.6) is 5.75 Å². The van der Waals surface area contributed by atoms with Gasteiger partial charge in [0.2, 0.25) is 0 Å². The van der Waals surface area contributed by atoms with Crippen molar-refractivity contribution in [2.45, 2.75) is 19.4 Å². The molecule has 2 N–H and O–H groups in total. The summed E-state index contributed by atoms with van der Waals surface area (Å²) in [4.78, 5) is 4.51. The Balaban J connectivity index is 2.37. The number of hydrogen-bond acceptors (Lipinski definition) is 4. The maximum atomic E-state index is 5.74. The van der Waals surface area contributed by atoms with Gasteiger partial charge in [0, 0.05) is 12.5 Å². The zero-order valence-electron chi connectivity index (χ0n) is 8.86. The fourth-order valence-corrected chi connectivity index (χ4v) is 2.58. The Labute approximate surface area is 92.9 Å². The van der Waals surface area contributed by atoms with Crippen molar-refractivity contribution < 1.29 is 4.74 Å². The molecular formula is C11H14N2OS. The number of rotatable bonds is 3. The Hall–Kier alpha value is -1.13. The van der Waals surface area contributed by atoms with Gasteiger partial charge in [-0.05, 0) is 25.1 Å². The standard InChI is InChI=1S/C11H14N2OS/c1-7(12)5-11-13-9-4-3-8(14-2)6-10(9)15-11/h3-4,6-7H,5,12H2,1-2H3. The second-order valence-corrected chi connectivity index (χ2v) is 4.74. The summed E-state index contributed by atoms with van der Waals surface area (Å²) in [6.07, 6.45) is 0.835. The van der Waals surface area contributed by atoms with Gasteiger partial charge in [0.25, 0.3) is 0 Å². The smallest absolute Gasteiger partial charge is 0.120 e. The van der Waals surface area contributed by atoms with Gasteiger partial charge in [0.15, 0.2) is 0 Å². The predicted octanol–water partition coefficient (Wildman–Crippen LogP) is 2.19. The minimum atomic E-state index is 0.160. The fraction of sp³-hybridized carbons (Fsp3) is 0.364. The molecule has 4 heteroatoms. The molecule has 3 nitrogen and oxygen atoms in total. The largest absolute Gasteiger partial charge is 0.497 e. The van der Waals surface area contributed by atoms with E-state index in [1.54, 1.807) is 18.4 Å². The first-order chi connectivity index (χ1) is 7.19. The number of nitrogens with zero attached hydrogens (tertiary/aromatic N) is 1. The lowest BCUT2D eigenvalue weighted by atomic mass is 10.3. The average Bonchev–Trinajstić information content (AvgIpc) is 2.57. The van der Waals surface area contributed by atoms with Crippen molar-refractivity contribution in [3.05, 3.63) is 23.2 Å². The molecule has 80 valence electrons. The van der Waals surface area contributed by atoms with Gasteiger partial charge in [-0.25, -0.2) is 4.98 Å². The van der Waals surface area contributed by atoms with E-state index in [9.17, 15) is 0 Å². The normalized spacial score (nSPS) is 13.0. The van der Waals surface area contributed by atoms with Crippen molar-refractivity contribution in [3.63, 3.8) is 0 Å². The number of fused-ring (bicyclic) bond motifs is 1. The molecule has 0 aliphatic carbocycles. The van der Waals surface area contributed by atoms with Crippen LogP contribution in [0.4, 0.5) is 0 Å². The third-order valence-electron chi connectivity index (χ3n) is 2.14. The first kappa shape index (κ1) is 10.4. The van der Waals surface area contributed by atoms with Crippen molar-refractivity contribution in [3.8, 4) is 5.75 Å². The molecule has 0 fully saturated rings. The number of hydrogen-bond donors (Lipinski definition) is 1. The van der Waals surface area contributed by atoms with Crippen LogP contribution >= 0.6 is 11.3 Å². The van der Waals surface area contributed by atoms with Gasteiger partial charge in [-0.1, -0.05) is 0 Å². The maximum Gasteiger partial charge on any atom is 0.120 e. The molecule has 15 heavy (non-hydrogen) atoms. The number of benzene rings is 1. The molecular weight excluding hydrogens is 208 g/mol. The van der Waals surface area contributed by atoms with Crippen LogP contribution in [-0.2, 0) is 6.42 Å². The van der Waals surface area contributed by atoms with E-state index in [-0.39, 0.29) is 6.04 Å². The second-order valence-electron chi connectivity index (χ2n) is 3.62. The molecule has 0 saturated carbocycles. The van der Waals surface area contributed by atoms with Crippen LogP contribution in [0.3, 0.4) is 0 Å². The zero-order chi connectivity index (χ0) is 10.8. The minimum absolute atomic E-state index is 0.160. The van der Waals surface area contributed by atoms with Crippen molar-refractivity contribution >= 4 is 21.6 Å². The molecule has 1 unspecified atom stereocenters. The first-order valence-corrected chi connectivity index (χ1v) is 5.69. The Morgan fingerprint density at radius 3 is 3.00 bits per heavy atom. The molecule has 0 amide bonds. The highest BCUT2D eigenvalue weighted by atomic mass is 32.1. The van der Waals surface area contributed by atoms with Crippen LogP contribution in [0.2, 0.25) is 0 Å². The van der Waals surface area contributed by atoms with Crippen LogP contribution in [0.25, 0.3) is 10.2 Å². The number of ether oxygens (including phenoxy) is 1. The van der Waals surface area contributed by atoms with E-state index in [2.05, 4.69) is 4.98 Å². The van der Waals surface area contributed by atoms with Crippen molar-refractivity contribution in [1.29, 1.82) is 0 Å². The second kappa shape index (κ2) is 4.16. The van der Waals surface area contributed by atoms with Gasteiger partial charge < -0.3 is 10.5 Å². The Morgan fingerprint density at radius 2 is 2.33 bits per heavy atom. The van der Waals surface area contributed by atoms with Gasteiger partial charge >= 0.3 is 0 Å². The summed E-state index contributed by atoms with van der Waals surface area (Å²) in [5.74, 6) is 0.874. The third kappa shape index (κ3) is 2.27. The van der Waals surface area contributed by atoms with E-state index in [1.165, 1.54) is 0 Å². The lowest BCUT2D eigenvalue weighted by molar-refractivity contribution is 0.415. The molecule has 0 radical (unpaired) electrons. The van der Waals surface area contributed by atoms with E-state index >= 15 is 0 Å². The van der Waals surface area contributed by atoms with E-state index < -0.39 is 0 Å². The van der Waals surface area contributed by atoms with E-state index in [0.29, 0.717) is 0 Å². The average molecular weight is 222 g/mol. The molecule has 0 aliphatic heterocycles. The van der Waals surface area contributed by atoms with E-state index in [0.717, 1.165) is 27.4 Å². The van der Waals surface area contributed by atoms with Crippen molar-refractivity contribution in [1.82, 2.24) is 4.98 Å².